The first-order valence-corrected chi connectivity index (χ1v) is 26.4. The quantitative estimate of drug-likeness (QED) is 0.0605. The van der Waals surface area contributed by atoms with Crippen molar-refractivity contribution in [3.05, 3.63) is 88.4 Å². The molecule has 6 aliphatic carbocycles. The number of anilines is 2. The number of hydrogen-bond acceptors (Lipinski definition) is 24. The lowest BCUT2D eigenvalue weighted by Gasteiger charge is -2.50. The van der Waals surface area contributed by atoms with Crippen molar-refractivity contribution in [2.24, 2.45) is 35.1 Å². The average Bonchev–Trinajstić information content (AvgIpc) is 2.56. The maximum absolute atomic E-state index is 13.9. The fourth-order valence-electron chi connectivity index (χ4n) is 12.5. The number of aromatic hydroxyl groups is 2. The van der Waals surface area contributed by atoms with E-state index in [2.05, 4.69) is 0 Å². The highest BCUT2D eigenvalue weighted by molar-refractivity contribution is 7.79. The van der Waals surface area contributed by atoms with Crippen LogP contribution in [0.5, 0.6) is 11.5 Å². The fraction of sp³-hybridized carbons (Fsp3) is 0.480. The van der Waals surface area contributed by atoms with Crippen LogP contribution in [-0.4, -0.2) is 191 Å². The van der Waals surface area contributed by atoms with Gasteiger partial charge in [0.2, 0.25) is 23.1 Å². The van der Waals surface area contributed by atoms with Gasteiger partial charge in [-0.05, 0) is 105 Å². The summed E-state index contributed by atoms with van der Waals surface area (Å²) >= 11 is 0. The number of carbonyl (C=O) groups is 6. The molecule has 30 nitrogen and oxygen atoms in total. The Kier molecular flexibility index (Phi) is 17.0. The van der Waals surface area contributed by atoms with Gasteiger partial charge in [0.15, 0.2) is 22.8 Å². The van der Waals surface area contributed by atoms with E-state index in [4.69, 9.17) is 29.0 Å². The molecule has 2 amide bonds. The fourth-order valence-corrected chi connectivity index (χ4v) is 12.5. The van der Waals surface area contributed by atoms with E-state index in [1.165, 1.54) is 50.1 Å². The summed E-state index contributed by atoms with van der Waals surface area (Å²) in [6, 6.07) is 0.0572. The number of Topliss-reactive ketones (excluding diaryl/α,β-unsaturated/α-hetero) is 4. The van der Waals surface area contributed by atoms with Gasteiger partial charge >= 0.3 is 21.8 Å². The third kappa shape index (κ3) is 9.96. The number of hydrogen-bond donors (Lipinski definition) is 12. The summed E-state index contributed by atoms with van der Waals surface area (Å²) < 4.78 is 31.6. The van der Waals surface area contributed by atoms with Crippen LogP contribution < -0.4 is 21.3 Å². The van der Waals surface area contributed by atoms with Crippen LogP contribution in [0, 0.1) is 43.9 Å². The molecule has 2 fully saturated rings. The SMILES string of the molecule is CCN(CC)c1cc([N+](=O)[O-])c(O)c2c1CC1CC3[C@H](N(C)C)C(=O)C(C(N)=O)=C(O)C3(O)C(=O)C1=C2O.CCN(CC)c1cc([N+](=O)[O-])c(O)c2c1CC1CC3[C@H](N(C)C)C(=O)C(C(N)=O)=C(O)C3(O)C(=O)C1=C2O.O=S(=O)(O)O. The number of nitro benzene ring substituents is 2. The number of nitrogens with two attached hydrogens (primary N) is 2. The number of rotatable bonds is 12. The molecular weight excluding hydrogens is 1100 g/mol. The van der Waals surface area contributed by atoms with E-state index in [1.807, 2.05) is 37.5 Å². The molecule has 0 saturated heterocycles. The number of aliphatic hydroxyl groups is 6. The number of nitrogens with zero attached hydrogens (tertiary/aromatic N) is 6. The summed E-state index contributed by atoms with van der Waals surface area (Å²) in [6.45, 7) is 9.18. The van der Waals surface area contributed by atoms with Crippen LogP contribution in [-0.2, 0) is 52.0 Å². The monoisotopic (exact) mass is 1160 g/mol. The molecule has 6 unspecified atom stereocenters. The van der Waals surface area contributed by atoms with Crippen molar-refractivity contribution in [2.75, 3.05) is 64.2 Å². The molecule has 0 radical (unpaired) electrons. The lowest BCUT2D eigenvalue weighted by Crippen LogP contribution is -2.65. The van der Waals surface area contributed by atoms with Crippen LogP contribution in [0.4, 0.5) is 22.7 Å². The van der Waals surface area contributed by atoms with Gasteiger partial charge in [-0.3, -0.25) is 67.9 Å². The highest BCUT2D eigenvalue weighted by Crippen LogP contribution is 2.57. The summed E-state index contributed by atoms with van der Waals surface area (Å²) in [4.78, 5) is 107. The summed E-state index contributed by atoms with van der Waals surface area (Å²) in [5.74, 6) is -16.2. The summed E-state index contributed by atoms with van der Waals surface area (Å²) in [5, 5.41) is 113. The maximum atomic E-state index is 13.9. The van der Waals surface area contributed by atoms with Crippen molar-refractivity contribution in [3.8, 4) is 11.5 Å². The third-order valence-corrected chi connectivity index (χ3v) is 16.0. The van der Waals surface area contributed by atoms with Gasteiger partial charge in [0.1, 0.15) is 34.2 Å². The van der Waals surface area contributed by atoms with E-state index in [1.54, 1.807) is 0 Å². The molecule has 2 aromatic rings. The number of amides is 2. The molecule has 2 aromatic carbocycles. The predicted octanol–water partition coefficient (Wildman–Crippen LogP) is 0.784. The van der Waals surface area contributed by atoms with E-state index in [9.17, 15) is 89.8 Å². The summed E-state index contributed by atoms with van der Waals surface area (Å²) in [5.41, 5.74) is 2.12. The molecule has 81 heavy (non-hydrogen) atoms. The van der Waals surface area contributed by atoms with Crippen LogP contribution in [0.1, 0.15) is 62.8 Å². The van der Waals surface area contributed by atoms with Crippen LogP contribution in [0.2, 0.25) is 0 Å². The lowest BCUT2D eigenvalue weighted by atomic mass is 9.57. The Balaban J connectivity index is 0.000000241. The van der Waals surface area contributed by atoms with Crippen LogP contribution >= 0.6 is 0 Å². The Morgan fingerprint density at radius 1 is 0.617 bits per heavy atom. The minimum atomic E-state index is -4.67. The molecule has 440 valence electrons. The Hall–Kier alpha value is -8.07. The smallest absolute Gasteiger partial charge is 0.394 e. The number of fused-ring (bicyclic) bond motifs is 6. The molecule has 2 saturated carbocycles. The van der Waals surface area contributed by atoms with Gasteiger partial charge in [0.25, 0.3) is 11.8 Å². The van der Waals surface area contributed by atoms with E-state index < -0.39 is 159 Å². The molecule has 8 atom stereocenters. The van der Waals surface area contributed by atoms with E-state index >= 15 is 0 Å². The van der Waals surface area contributed by atoms with E-state index in [0.717, 1.165) is 0 Å². The number of benzene rings is 2. The van der Waals surface area contributed by atoms with E-state index in [0.29, 0.717) is 48.7 Å². The summed E-state index contributed by atoms with van der Waals surface area (Å²) in [6.07, 6.45) is -0.0414. The molecule has 0 spiro atoms. The Morgan fingerprint density at radius 3 is 1.14 bits per heavy atom. The molecule has 0 aromatic heterocycles. The highest BCUT2D eigenvalue weighted by atomic mass is 32.3. The first kappa shape index (κ1) is 62.1. The molecular formula is C50H62N8O22S. The number of likely N-dealkylation sites (N-methyl/N-ethyl adjacent to an activating group) is 2. The second kappa shape index (κ2) is 22.1. The number of aliphatic hydroxyl groups excluding tert-OH is 4. The second-order valence-corrected chi connectivity index (χ2v) is 21.4. The molecule has 0 bridgehead atoms. The lowest BCUT2D eigenvalue weighted by molar-refractivity contribution is -0.386. The van der Waals surface area contributed by atoms with Gasteiger partial charge in [0.05, 0.1) is 33.1 Å². The van der Waals surface area contributed by atoms with Crippen LogP contribution in [0.15, 0.2) is 45.9 Å². The molecule has 14 N–H and O–H groups in total. The Labute approximate surface area is 461 Å². The normalized spacial score (nSPS) is 25.8. The highest BCUT2D eigenvalue weighted by Gasteiger charge is 2.66. The Morgan fingerprint density at radius 2 is 0.901 bits per heavy atom. The molecule has 0 heterocycles. The van der Waals surface area contributed by atoms with Gasteiger partial charge in [-0.15, -0.1) is 0 Å². The topological polar surface area (TPSA) is 490 Å². The van der Waals surface area contributed by atoms with Crippen LogP contribution in [0.25, 0.3) is 11.5 Å². The predicted molar refractivity (Wildman–Crippen MR) is 283 cm³/mol. The number of carbonyl (C=O) groups excluding carboxylic acids is 6. The summed E-state index contributed by atoms with van der Waals surface area (Å²) in [7, 11) is 1.40. The minimum absolute atomic E-state index is 0.0475. The number of phenolic OH excluding ortho intramolecular Hbond substituents is 2. The van der Waals surface area contributed by atoms with Gasteiger partial charge in [0, 0.05) is 72.7 Å². The first-order valence-electron chi connectivity index (χ1n) is 25.0. The van der Waals surface area contributed by atoms with Crippen molar-refractivity contribution in [1.82, 2.24) is 9.80 Å². The van der Waals surface area contributed by atoms with Gasteiger partial charge in [-0.1, -0.05) is 0 Å². The second-order valence-electron chi connectivity index (χ2n) is 20.5. The largest absolute Gasteiger partial charge is 0.508 e. The third-order valence-electron chi connectivity index (χ3n) is 16.0. The zero-order chi connectivity index (χ0) is 61.4. The van der Waals surface area contributed by atoms with Crippen LogP contribution in [0.3, 0.4) is 0 Å². The molecule has 8 rings (SSSR count). The van der Waals surface area contributed by atoms with E-state index in [-0.39, 0.29) is 48.0 Å². The number of nitro groups is 2. The average molecular weight is 1160 g/mol. The van der Waals surface area contributed by atoms with Crippen molar-refractivity contribution in [1.29, 1.82) is 0 Å². The zero-order valence-corrected chi connectivity index (χ0v) is 45.7. The van der Waals surface area contributed by atoms with Gasteiger partial charge in [-0.2, -0.15) is 8.42 Å². The van der Waals surface area contributed by atoms with Crippen molar-refractivity contribution < 1.29 is 97.0 Å². The standard InChI is InChI=1S/2C25H30N4O9.H2O4S/c2*1-5-28(6-2)13-9-14(29(37)38)19(30)16-11(13)7-10-8-12-18(27(3)4)21(32)17(24(26)35)23(34)25(12,36)22(33)15(10)20(16)31;1-5(2,3)4/h2*9-10,12,18,30-31,34,36H,5-8H2,1-4H3,(H2,26,35);(H2,1,2,3,4)/t2*10?,12?,18-,25?;/m00./s1. The van der Waals surface area contributed by atoms with Crippen molar-refractivity contribution in [3.63, 3.8) is 0 Å². The maximum Gasteiger partial charge on any atom is 0.394 e. The van der Waals surface area contributed by atoms with Gasteiger partial charge < -0.3 is 62.1 Å². The number of phenols is 2. The number of primary amides is 2. The van der Waals surface area contributed by atoms with Crippen molar-refractivity contribution in [2.45, 2.75) is 76.7 Å². The minimum Gasteiger partial charge on any atom is -0.508 e. The zero-order valence-electron chi connectivity index (χ0n) is 44.9. The van der Waals surface area contributed by atoms with Crippen molar-refractivity contribution >= 4 is 79.6 Å². The molecule has 31 heteroatoms. The number of ketones is 4. The van der Waals surface area contributed by atoms with Gasteiger partial charge in [-0.25, -0.2) is 0 Å². The molecule has 6 aliphatic rings. The Bertz CT molecular complexity index is 3150. The molecule has 0 aliphatic heterocycles. The first-order chi connectivity index (χ1) is 37.5.